The Morgan fingerprint density at radius 1 is 1.32 bits per heavy atom. The van der Waals surface area contributed by atoms with Gasteiger partial charge in [-0.3, -0.25) is 0 Å². The molecule has 0 radical (unpaired) electrons. The van der Waals surface area contributed by atoms with Crippen molar-refractivity contribution in [2.75, 3.05) is 38.1 Å². The molecule has 0 amide bonds. The number of likely N-dealkylation sites (tertiary alicyclic amines) is 1. The number of nitrogens with one attached hydrogen (secondary N) is 1. The Balaban J connectivity index is 1.77. The van der Waals surface area contributed by atoms with Crippen LogP contribution in [0, 0.1) is 0 Å². The summed E-state index contributed by atoms with van der Waals surface area (Å²) in [6.45, 7) is 7.35. The smallest absolute Gasteiger partial charge is 0.168 e. The second-order valence-electron chi connectivity index (χ2n) is 5.03. The average Bonchev–Trinajstić information content (AvgIpc) is 2.47. The molecular weight excluding hydrogens is 238 g/mol. The Kier molecular flexibility index (Phi) is 5.95. The molecule has 0 atom stereocenters. The van der Waals surface area contributed by atoms with Crippen LogP contribution in [0.2, 0.25) is 0 Å². The third-order valence-electron chi connectivity index (χ3n) is 3.40. The van der Waals surface area contributed by atoms with Gasteiger partial charge >= 0.3 is 0 Å². The molecule has 0 saturated carbocycles. The van der Waals surface area contributed by atoms with Crippen LogP contribution in [0.15, 0.2) is 18.3 Å². The highest BCUT2D eigenvalue weighted by atomic mass is 16.5. The molecule has 1 fully saturated rings. The third-order valence-corrected chi connectivity index (χ3v) is 3.40. The van der Waals surface area contributed by atoms with Crippen molar-refractivity contribution in [3.63, 3.8) is 0 Å². The summed E-state index contributed by atoms with van der Waals surface area (Å²) in [5, 5.41) is 3.39. The molecule has 4 heteroatoms. The summed E-state index contributed by atoms with van der Waals surface area (Å²) in [4.78, 5) is 6.88. The van der Waals surface area contributed by atoms with Crippen molar-refractivity contribution in [2.45, 2.75) is 32.6 Å². The van der Waals surface area contributed by atoms with Gasteiger partial charge in [0.15, 0.2) is 11.6 Å². The normalized spacial score (nSPS) is 16.3. The molecule has 4 nitrogen and oxygen atoms in total. The highest BCUT2D eigenvalue weighted by Gasteiger charge is 2.10. The number of nitrogens with zero attached hydrogens (tertiary/aromatic N) is 2. The van der Waals surface area contributed by atoms with Gasteiger partial charge in [-0.25, -0.2) is 4.98 Å². The standard InChI is InChI=1S/C15H25N3O/c1-2-13-19-14-7-6-8-16-15(14)17-9-12-18-10-4-3-5-11-18/h6-8H,2-5,9-13H2,1H3,(H,16,17). The van der Waals surface area contributed by atoms with E-state index in [9.17, 15) is 0 Å². The fraction of sp³-hybridized carbons (Fsp3) is 0.667. The minimum absolute atomic E-state index is 0.743. The van der Waals surface area contributed by atoms with Crippen molar-refractivity contribution in [1.29, 1.82) is 0 Å². The zero-order valence-corrected chi connectivity index (χ0v) is 11.9. The van der Waals surface area contributed by atoms with Gasteiger partial charge < -0.3 is 15.0 Å². The number of piperidine rings is 1. The number of anilines is 1. The molecule has 0 aromatic carbocycles. The highest BCUT2D eigenvalue weighted by molar-refractivity contribution is 5.49. The summed E-state index contributed by atoms with van der Waals surface area (Å²) in [6.07, 6.45) is 6.90. The fourth-order valence-electron chi connectivity index (χ4n) is 2.37. The largest absolute Gasteiger partial charge is 0.490 e. The van der Waals surface area contributed by atoms with Crippen molar-refractivity contribution >= 4 is 5.82 Å². The lowest BCUT2D eigenvalue weighted by Gasteiger charge is -2.26. The number of ether oxygens (including phenoxy) is 1. The van der Waals surface area contributed by atoms with Gasteiger partial charge in [0.1, 0.15) is 0 Å². The van der Waals surface area contributed by atoms with E-state index in [1.807, 2.05) is 18.3 Å². The first kappa shape index (κ1) is 14.1. The van der Waals surface area contributed by atoms with Crippen LogP contribution in [0.5, 0.6) is 5.75 Å². The molecule has 0 unspecified atom stereocenters. The predicted molar refractivity (Wildman–Crippen MR) is 78.8 cm³/mol. The lowest BCUT2D eigenvalue weighted by Crippen LogP contribution is -2.33. The fourth-order valence-corrected chi connectivity index (χ4v) is 2.37. The molecule has 0 spiro atoms. The van der Waals surface area contributed by atoms with Crippen LogP contribution in [-0.4, -0.2) is 42.7 Å². The van der Waals surface area contributed by atoms with Crippen molar-refractivity contribution in [1.82, 2.24) is 9.88 Å². The lowest BCUT2D eigenvalue weighted by molar-refractivity contribution is 0.237. The second-order valence-corrected chi connectivity index (χ2v) is 5.03. The Bertz CT molecular complexity index is 364. The second kappa shape index (κ2) is 8.00. The molecule has 2 heterocycles. The van der Waals surface area contributed by atoms with Crippen molar-refractivity contribution in [3.8, 4) is 5.75 Å². The van der Waals surface area contributed by atoms with Gasteiger partial charge in [0.2, 0.25) is 0 Å². The first-order valence-corrected chi connectivity index (χ1v) is 7.44. The van der Waals surface area contributed by atoms with E-state index in [0.29, 0.717) is 0 Å². The van der Waals surface area contributed by atoms with E-state index in [1.165, 1.54) is 32.4 Å². The van der Waals surface area contributed by atoms with Crippen LogP contribution < -0.4 is 10.1 Å². The highest BCUT2D eigenvalue weighted by Crippen LogP contribution is 2.20. The van der Waals surface area contributed by atoms with Crippen molar-refractivity contribution in [2.24, 2.45) is 0 Å². The Morgan fingerprint density at radius 2 is 2.16 bits per heavy atom. The van der Waals surface area contributed by atoms with Crippen LogP contribution in [-0.2, 0) is 0 Å². The topological polar surface area (TPSA) is 37.4 Å². The van der Waals surface area contributed by atoms with Gasteiger partial charge in [0, 0.05) is 19.3 Å². The maximum atomic E-state index is 5.69. The molecule has 2 rings (SSSR count). The van der Waals surface area contributed by atoms with E-state index in [0.717, 1.165) is 37.7 Å². The van der Waals surface area contributed by atoms with E-state index in [-0.39, 0.29) is 0 Å². The van der Waals surface area contributed by atoms with Crippen LogP contribution in [0.3, 0.4) is 0 Å². The molecule has 106 valence electrons. The zero-order valence-electron chi connectivity index (χ0n) is 11.9. The number of hydrogen-bond acceptors (Lipinski definition) is 4. The quantitative estimate of drug-likeness (QED) is 0.821. The molecule has 0 aliphatic carbocycles. The SMILES string of the molecule is CCCOc1cccnc1NCCN1CCCCC1. The summed E-state index contributed by atoms with van der Waals surface area (Å²) in [5.41, 5.74) is 0. The first-order valence-electron chi connectivity index (χ1n) is 7.44. The van der Waals surface area contributed by atoms with E-state index in [1.54, 1.807) is 0 Å². The van der Waals surface area contributed by atoms with Crippen molar-refractivity contribution in [3.05, 3.63) is 18.3 Å². The number of rotatable bonds is 7. The molecule has 1 aliphatic heterocycles. The van der Waals surface area contributed by atoms with E-state index < -0.39 is 0 Å². The van der Waals surface area contributed by atoms with Crippen LogP contribution >= 0.6 is 0 Å². The summed E-state index contributed by atoms with van der Waals surface area (Å²) in [6, 6.07) is 3.90. The van der Waals surface area contributed by atoms with Crippen LogP contribution in [0.1, 0.15) is 32.6 Å². The third kappa shape index (κ3) is 4.71. The van der Waals surface area contributed by atoms with Crippen LogP contribution in [0.4, 0.5) is 5.82 Å². The zero-order chi connectivity index (χ0) is 13.3. The number of pyridine rings is 1. The number of aromatic nitrogens is 1. The number of hydrogen-bond donors (Lipinski definition) is 1. The Labute approximate surface area is 116 Å². The van der Waals surface area contributed by atoms with Crippen LogP contribution in [0.25, 0.3) is 0 Å². The van der Waals surface area contributed by atoms with Gasteiger partial charge in [0.05, 0.1) is 6.61 Å². The predicted octanol–water partition coefficient (Wildman–Crippen LogP) is 2.77. The summed E-state index contributed by atoms with van der Waals surface area (Å²) in [7, 11) is 0. The monoisotopic (exact) mass is 263 g/mol. The molecule has 0 bridgehead atoms. The van der Waals surface area contributed by atoms with Gasteiger partial charge in [-0.2, -0.15) is 0 Å². The maximum absolute atomic E-state index is 5.69. The maximum Gasteiger partial charge on any atom is 0.168 e. The van der Waals surface area contributed by atoms with Gasteiger partial charge in [-0.05, 0) is 44.5 Å². The summed E-state index contributed by atoms with van der Waals surface area (Å²) in [5.74, 6) is 1.73. The minimum Gasteiger partial charge on any atom is -0.490 e. The molecule has 1 N–H and O–H groups in total. The molecule has 19 heavy (non-hydrogen) atoms. The Hall–Kier alpha value is -1.29. The molecule has 1 saturated heterocycles. The molecule has 1 aliphatic rings. The van der Waals surface area contributed by atoms with Crippen molar-refractivity contribution < 1.29 is 4.74 Å². The molecule has 1 aromatic heterocycles. The molecule has 1 aromatic rings. The lowest BCUT2D eigenvalue weighted by atomic mass is 10.1. The molecular formula is C15H25N3O. The summed E-state index contributed by atoms with van der Waals surface area (Å²) >= 11 is 0. The average molecular weight is 263 g/mol. The minimum atomic E-state index is 0.743. The first-order chi connectivity index (χ1) is 9.40. The van der Waals surface area contributed by atoms with Gasteiger partial charge in [-0.1, -0.05) is 13.3 Å². The van der Waals surface area contributed by atoms with E-state index in [2.05, 4.69) is 22.1 Å². The van der Waals surface area contributed by atoms with E-state index in [4.69, 9.17) is 4.74 Å². The van der Waals surface area contributed by atoms with Gasteiger partial charge in [-0.15, -0.1) is 0 Å². The summed E-state index contributed by atoms with van der Waals surface area (Å²) < 4.78 is 5.69. The van der Waals surface area contributed by atoms with E-state index >= 15 is 0 Å². The Morgan fingerprint density at radius 3 is 2.95 bits per heavy atom. The van der Waals surface area contributed by atoms with Gasteiger partial charge in [0.25, 0.3) is 0 Å².